The highest BCUT2D eigenvalue weighted by Crippen LogP contribution is 2.31. The van der Waals surface area contributed by atoms with Gasteiger partial charge < -0.3 is 9.88 Å². The quantitative estimate of drug-likeness (QED) is 0.392. The molecule has 0 radical (unpaired) electrons. The summed E-state index contributed by atoms with van der Waals surface area (Å²) in [5, 5.41) is 12.7. The first-order valence-electron chi connectivity index (χ1n) is 13.8. The molecular weight excluding hydrogens is 476 g/mol. The van der Waals surface area contributed by atoms with Crippen LogP contribution in [0, 0.1) is 0 Å². The third-order valence-corrected chi connectivity index (χ3v) is 13.3. The van der Waals surface area contributed by atoms with Crippen LogP contribution in [-0.2, 0) is 6.42 Å². The zero-order valence-corrected chi connectivity index (χ0v) is 22.6. The van der Waals surface area contributed by atoms with Gasteiger partial charge in [0.25, 0.3) is 0 Å². The van der Waals surface area contributed by atoms with Crippen molar-refractivity contribution < 1.29 is 0 Å². The molecule has 0 atom stereocenters. The molecule has 1 N–H and O–H groups in total. The zero-order valence-electron chi connectivity index (χ0n) is 21.6. The molecule has 7 rings (SSSR count). The molecule has 2 heterocycles. The molecule has 0 saturated carbocycles. The van der Waals surface area contributed by atoms with Crippen LogP contribution in [-0.4, -0.2) is 19.2 Å². The first-order valence-corrected chi connectivity index (χ1v) is 15.8. The summed E-state index contributed by atoms with van der Waals surface area (Å²) in [4.78, 5) is 0. The van der Waals surface area contributed by atoms with E-state index in [4.69, 9.17) is 0 Å². The fourth-order valence-electron chi connectivity index (χ4n) is 6.83. The van der Waals surface area contributed by atoms with Crippen LogP contribution in [0.4, 0.5) is 0 Å². The van der Waals surface area contributed by atoms with Gasteiger partial charge in [-0.1, -0.05) is 108 Å². The van der Waals surface area contributed by atoms with E-state index in [2.05, 4.69) is 137 Å². The van der Waals surface area contributed by atoms with E-state index in [1.54, 1.807) is 5.20 Å². The zero-order chi connectivity index (χ0) is 25.4. The summed E-state index contributed by atoms with van der Waals surface area (Å²) < 4.78 is 2.53. The van der Waals surface area contributed by atoms with Crippen LogP contribution in [0.3, 0.4) is 0 Å². The van der Waals surface area contributed by atoms with Crippen LogP contribution in [0.5, 0.6) is 0 Å². The molecule has 4 aromatic rings. The molecule has 0 spiro atoms. The Balaban J connectivity index is 1.68. The van der Waals surface area contributed by atoms with Gasteiger partial charge in [0.1, 0.15) is 0 Å². The predicted molar refractivity (Wildman–Crippen MR) is 163 cm³/mol. The Bertz CT molecular complexity index is 1650. The van der Waals surface area contributed by atoms with Crippen LogP contribution in [0.1, 0.15) is 30.5 Å². The highest BCUT2D eigenvalue weighted by Gasteiger charge is 2.46. The molecule has 2 aliphatic carbocycles. The number of rotatable bonds is 5. The number of nitrogens with one attached hydrogen (secondary N) is 1. The van der Waals surface area contributed by atoms with Gasteiger partial charge in [-0.3, -0.25) is 0 Å². The number of benzene rings is 3. The van der Waals surface area contributed by atoms with Crippen molar-refractivity contribution in [3.8, 4) is 5.69 Å². The van der Waals surface area contributed by atoms with E-state index in [-0.39, 0.29) is 0 Å². The molecule has 1 aromatic heterocycles. The fraction of sp³-hybridized carbons (Fsp3) is 0.143. The average Bonchev–Trinajstić information content (AvgIpc) is 3.35. The maximum atomic E-state index is 3.89. The number of dihydropyridines is 1. The highest BCUT2D eigenvalue weighted by molar-refractivity contribution is 7.18. The van der Waals surface area contributed by atoms with E-state index in [0.717, 1.165) is 32.2 Å². The van der Waals surface area contributed by atoms with Gasteiger partial charge in [0.2, 0.25) is 0 Å². The minimum atomic E-state index is -2.59. The molecule has 2 nitrogen and oxygen atoms in total. The minimum absolute atomic E-state index is 0.873. The molecule has 0 bridgehead atoms. The number of fused-ring (bicyclic) bond motifs is 3. The Kier molecular flexibility index (Phi) is 5.86. The Morgan fingerprint density at radius 1 is 0.711 bits per heavy atom. The lowest BCUT2D eigenvalue weighted by molar-refractivity contribution is 0.937. The van der Waals surface area contributed by atoms with E-state index in [1.807, 2.05) is 0 Å². The average molecular weight is 509 g/mol. The van der Waals surface area contributed by atoms with Crippen molar-refractivity contribution in [2.24, 2.45) is 0 Å². The number of aromatic nitrogens is 1. The molecule has 3 heteroatoms. The van der Waals surface area contributed by atoms with Gasteiger partial charge in [-0.05, 0) is 71.1 Å². The summed E-state index contributed by atoms with van der Waals surface area (Å²) >= 11 is 0. The van der Waals surface area contributed by atoms with E-state index in [0.29, 0.717) is 0 Å². The minimum Gasteiger partial charge on any atom is -0.387 e. The second-order valence-electron chi connectivity index (χ2n) is 10.3. The molecular formula is C35H32N2Si. The van der Waals surface area contributed by atoms with Gasteiger partial charge in [-0.25, -0.2) is 0 Å². The van der Waals surface area contributed by atoms with Crippen molar-refractivity contribution in [2.45, 2.75) is 25.7 Å². The Hall–Kier alpha value is -4.08. The highest BCUT2D eigenvalue weighted by atomic mass is 28.3. The Morgan fingerprint density at radius 3 is 2.05 bits per heavy atom. The van der Waals surface area contributed by atoms with Gasteiger partial charge >= 0.3 is 0 Å². The lowest BCUT2D eigenvalue weighted by Gasteiger charge is -2.39. The van der Waals surface area contributed by atoms with Crippen molar-refractivity contribution in [3.05, 3.63) is 142 Å². The van der Waals surface area contributed by atoms with E-state index >= 15 is 0 Å². The van der Waals surface area contributed by atoms with Gasteiger partial charge in [0.05, 0.1) is 0 Å². The number of nitrogens with zero attached hydrogens (tertiary/aromatic N) is 1. The molecule has 1 aliphatic heterocycles. The monoisotopic (exact) mass is 508 g/mol. The Labute approximate surface area is 225 Å². The van der Waals surface area contributed by atoms with Crippen molar-refractivity contribution in [3.63, 3.8) is 0 Å². The summed E-state index contributed by atoms with van der Waals surface area (Å²) in [6.45, 7) is 0.873. The second-order valence-corrected chi connectivity index (χ2v) is 14.1. The van der Waals surface area contributed by atoms with Crippen LogP contribution < -0.4 is 26.3 Å². The van der Waals surface area contributed by atoms with Crippen LogP contribution in [0.15, 0.2) is 121 Å². The van der Waals surface area contributed by atoms with Gasteiger partial charge in [0, 0.05) is 28.6 Å². The van der Waals surface area contributed by atoms with Crippen molar-refractivity contribution in [2.75, 3.05) is 6.54 Å². The number of para-hydroxylation sites is 1. The number of allylic oxidation sites excluding steroid dienone is 3. The summed E-state index contributed by atoms with van der Waals surface area (Å²) in [7, 11) is -2.59. The maximum Gasteiger partial charge on any atom is 0.195 e. The molecule has 3 aromatic carbocycles. The molecule has 38 heavy (non-hydrogen) atoms. The van der Waals surface area contributed by atoms with Crippen molar-refractivity contribution in [1.29, 1.82) is 0 Å². The van der Waals surface area contributed by atoms with E-state index < -0.39 is 8.07 Å². The lowest BCUT2D eigenvalue weighted by Crippen LogP contribution is -2.66. The SMILES string of the molecule is C1=CCNC([Si](C2=c3c4c(n(-c5ccccc5)c3=CCC2)C=CCC4)(c2ccccc2)c2ccccc2)=C1. The number of hydrogen-bond donors (Lipinski definition) is 1. The topological polar surface area (TPSA) is 17.0 Å². The third-order valence-electron chi connectivity index (χ3n) is 8.31. The van der Waals surface area contributed by atoms with Crippen LogP contribution >= 0.6 is 0 Å². The molecule has 0 amide bonds. The summed E-state index contributed by atoms with van der Waals surface area (Å²) in [6.07, 6.45) is 18.4. The number of hydrogen-bond acceptors (Lipinski definition) is 1. The first kappa shape index (κ1) is 23.1. The van der Waals surface area contributed by atoms with E-state index in [1.165, 1.54) is 43.2 Å². The molecule has 0 saturated heterocycles. The second kappa shape index (κ2) is 9.66. The molecule has 186 valence electrons. The molecule has 0 fully saturated rings. The van der Waals surface area contributed by atoms with Crippen LogP contribution in [0.25, 0.3) is 23.0 Å². The standard InChI is InChI=1S/C35H32N2Si/c1-4-15-27(16-5-1)37-31-22-11-10-21-30(31)35-32(37)23-14-24-33(35)38(28-17-6-2-7-18-28,29-19-8-3-9-20-29)34-25-12-13-26-36-34/h1-9,11-13,15-20,22-23,25,36H,10,14,21,24,26H2. The molecule has 0 unspecified atom stereocenters. The van der Waals surface area contributed by atoms with Crippen molar-refractivity contribution >= 4 is 35.8 Å². The maximum absolute atomic E-state index is 3.89. The normalized spacial score (nSPS) is 16.2. The summed E-state index contributed by atoms with van der Waals surface area (Å²) in [6, 6.07) is 33.7. The van der Waals surface area contributed by atoms with Crippen molar-refractivity contribution in [1.82, 2.24) is 9.88 Å². The largest absolute Gasteiger partial charge is 0.387 e. The molecule has 3 aliphatic rings. The third kappa shape index (κ3) is 3.53. The first-order chi connectivity index (χ1) is 18.9. The van der Waals surface area contributed by atoms with Gasteiger partial charge in [-0.2, -0.15) is 0 Å². The van der Waals surface area contributed by atoms with Gasteiger partial charge in [0.15, 0.2) is 8.07 Å². The predicted octanol–water partition coefficient (Wildman–Crippen LogP) is 4.55. The fourth-order valence-corrected chi connectivity index (χ4v) is 12.1. The van der Waals surface area contributed by atoms with Crippen LogP contribution in [0.2, 0.25) is 0 Å². The lowest BCUT2D eigenvalue weighted by atomic mass is 10.0. The van der Waals surface area contributed by atoms with Gasteiger partial charge in [-0.15, -0.1) is 0 Å². The Morgan fingerprint density at radius 2 is 1.39 bits per heavy atom. The summed E-state index contributed by atoms with van der Waals surface area (Å²) in [5.41, 5.74) is 4.13. The smallest absolute Gasteiger partial charge is 0.195 e. The summed E-state index contributed by atoms with van der Waals surface area (Å²) in [5.74, 6) is 0. The van der Waals surface area contributed by atoms with E-state index in [9.17, 15) is 0 Å².